The van der Waals surface area contributed by atoms with Crippen LogP contribution >= 0.6 is 0 Å². The first-order valence-electron chi connectivity index (χ1n) is 9.85. The molecule has 142 valence electrons. The van der Waals surface area contributed by atoms with E-state index in [0.29, 0.717) is 5.41 Å². The second kappa shape index (κ2) is 8.68. The maximum absolute atomic E-state index is 11.4. The minimum atomic E-state index is -4.12. The van der Waals surface area contributed by atoms with E-state index in [-0.39, 0.29) is 4.90 Å². The van der Waals surface area contributed by atoms with E-state index in [4.69, 9.17) is 0 Å². The molecule has 0 bridgehead atoms. The Bertz CT molecular complexity index is 658. The summed E-state index contributed by atoms with van der Waals surface area (Å²) in [6.45, 7) is 6.72. The van der Waals surface area contributed by atoms with Crippen molar-refractivity contribution in [2.75, 3.05) is 0 Å². The van der Waals surface area contributed by atoms with Crippen LogP contribution in [-0.4, -0.2) is 13.0 Å². The van der Waals surface area contributed by atoms with Crippen molar-refractivity contribution < 1.29 is 13.0 Å². The predicted molar refractivity (Wildman–Crippen MR) is 104 cm³/mol. The van der Waals surface area contributed by atoms with Crippen LogP contribution in [0.25, 0.3) is 0 Å². The molecule has 1 fully saturated rings. The van der Waals surface area contributed by atoms with E-state index in [9.17, 15) is 13.0 Å². The van der Waals surface area contributed by atoms with E-state index in [0.717, 1.165) is 29.9 Å². The Balaban J connectivity index is 2.07. The Hall–Kier alpha value is -0.870. The molecule has 0 saturated heterocycles. The van der Waals surface area contributed by atoms with Gasteiger partial charge in [0.05, 0.1) is 4.90 Å². The summed E-state index contributed by atoms with van der Waals surface area (Å²) in [6.07, 6.45) is 12.5. The van der Waals surface area contributed by atoms with Crippen LogP contribution in [0, 0.1) is 18.3 Å². The van der Waals surface area contributed by atoms with E-state index in [1.165, 1.54) is 57.4 Å². The highest BCUT2D eigenvalue weighted by atomic mass is 32.2. The monoisotopic (exact) mass is 366 g/mol. The first kappa shape index (κ1) is 20.4. The fraction of sp³-hybridized carbons (Fsp3) is 0.714. The molecule has 1 aromatic carbocycles. The van der Waals surface area contributed by atoms with Gasteiger partial charge >= 0.3 is 0 Å². The Labute approximate surface area is 154 Å². The van der Waals surface area contributed by atoms with Gasteiger partial charge in [0.1, 0.15) is 0 Å². The molecule has 1 aliphatic rings. The number of benzene rings is 1. The zero-order valence-electron chi connectivity index (χ0n) is 16.1. The van der Waals surface area contributed by atoms with Crippen LogP contribution in [0.3, 0.4) is 0 Å². The zero-order valence-corrected chi connectivity index (χ0v) is 16.9. The third-order valence-electron chi connectivity index (χ3n) is 6.36. The molecule has 1 aliphatic carbocycles. The van der Waals surface area contributed by atoms with Gasteiger partial charge in [-0.05, 0) is 73.6 Å². The van der Waals surface area contributed by atoms with Crippen molar-refractivity contribution in [2.24, 2.45) is 11.3 Å². The average Bonchev–Trinajstić information content (AvgIpc) is 2.56. The van der Waals surface area contributed by atoms with Crippen molar-refractivity contribution in [2.45, 2.75) is 89.9 Å². The van der Waals surface area contributed by atoms with Gasteiger partial charge in [0.2, 0.25) is 0 Å². The van der Waals surface area contributed by atoms with Crippen LogP contribution in [0.4, 0.5) is 0 Å². The lowest BCUT2D eigenvalue weighted by Gasteiger charge is -2.43. The van der Waals surface area contributed by atoms with E-state index >= 15 is 0 Å². The number of hydrogen-bond donors (Lipinski definition) is 1. The molecule has 0 spiro atoms. The smallest absolute Gasteiger partial charge is 0.282 e. The van der Waals surface area contributed by atoms with Gasteiger partial charge < -0.3 is 0 Å². The second-order valence-electron chi connectivity index (χ2n) is 8.03. The molecular formula is C21H34O3S. The maximum Gasteiger partial charge on any atom is 0.294 e. The van der Waals surface area contributed by atoms with Crippen molar-refractivity contribution in [1.82, 2.24) is 0 Å². The molecule has 0 aromatic heterocycles. The largest absolute Gasteiger partial charge is 0.294 e. The first-order valence-corrected chi connectivity index (χ1v) is 11.3. The van der Waals surface area contributed by atoms with E-state index in [2.05, 4.69) is 13.8 Å². The molecule has 2 rings (SSSR count). The lowest BCUT2D eigenvalue weighted by Crippen LogP contribution is -2.31. The average molecular weight is 367 g/mol. The minimum absolute atomic E-state index is 0.0137. The van der Waals surface area contributed by atoms with Crippen LogP contribution in [0.5, 0.6) is 0 Å². The highest BCUT2D eigenvalue weighted by Gasteiger charge is 2.36. The standard InChI is InChI=1S/C21H34O3S/c1-4-9-18(3)21(13-6-5-7-14-21)15-8-10-19-16-20(25(22,23)24)12-11-17(19)2/h11-12,16,18H,4-10,13-15H2,1-3H3,(H,22,23,24). The predicted octanol–water partition coefficient (Wildman–Crippen LogP) is 5.95. The van der Waals surface area contributed by atoms with Gasteiger partial charge in [-0.15, -0.1) is 0 Å². The van der Waals surface area contributed by atoms with Crippen molar-refractivity contribution in [3.8, 4) is 0 Å². The van der Waals surface area contributed by atoms with Gasteiger partial charge in [0.15, 0.2) is 0 Å². The highest BCUT2D eigenvalue weighted by molar-refractivity contribution is 7.85. The van der Waals surface area contributed by atoms with Crippen LogP contribution < -0.4 is 0 Å². The fourth-order valence-electron chi connectivity index (χ4n) is 4.69. The molecule has 1 aromatic rings. The molecule has 0 amide bonds. The molecule has 0 aliphatic heterocycles. The van der Waals surface area contributed by atoms with Crippen molar-refractivity contribution in [1.29, 1.82) is 0 Å². The van der Waals surface area contributed by atoms with Crippen LogP contribution in [0.2, 0.25) is 0 Å². The lowest BCUT2D eigenvalue weighted by molar-refractivity contribution is 0.0853. The van der Waals surface area contributed by atoms with Crippen molar-refractivity contribution in [3.05, 3.63) is 29.3 Å². The normalized spacial score (nSPS) is 18.9. The lowest BCUT2D eigenvalue weighted by atomic mass is 9.62. The second-order valence-corrected chi connectivity index (χ2v) is 9.45. The summed E-state index contributed by atoms with van der Waals surface area (Å²) in [4.78, 5) is 0.0137. The van der Waals surface area contributed by atoms with Gasteiger partial charge in [-0.3, -0.25) is 4.55 Å². The van der Waals surface area contributed by atoms with Gasteiger partial charge in [-0.25, -0.2) is 0 Å². The number of hydrogen-bond acceptors (Lipinski definition) is 2. The molecule has 1 atom stereocenters. The van der Waals surface area contributed by atoms with Gasteiger partial charge in [0.25, 0.3) is 10.1 Å². The summed E-state index contributed by atoms with van der Waals surface area (Å²) < 4.78 is 32.0. The summed E-state index contributed by atoms with van der Waals surface area (Å²) in [7, 11) is -4.12. The van der Waals surface area contributed by atoms with E-state index < -0.39 is 10.1 Å². The highest BCUT2D eigenvalue weighted by Crippen LogP contribution is 2.48. The Morgan fingerprint density at radius 3 is 2.48 bits per heavy atom. The Kier molecular flexibility index (Phi) is 7.10. The third kappa shape index (κ3) is 5.30. The molecule has 0 heterocycles. The van der Waals surface area contributed by atoms with Crippen molar-refractivity contribution in [3.63, 3.8) is 0 Å². The van der Waals surface area contributed by atoms with Crippen LogP contribution in [-0.2, 0) is 16.5 Å². The molecule has 1 unspecified atom stereocenters. The molecule has 3 nitrogen and oxygen atoms in total. The molecular weight excluding hydrogens is 332 g/mol. The summed E-state index contributed by atoms with van der Waals surface area (Å²) in [5.74, 6) is 0.767. The SMILES string of the molecule is CCCC(C)C1(CCCc2cc(S(=O)(=O)O)ccc2C)CCCCC1. The summed E-state index contributed by atoms with van der Waals surface area (Å²) >= 11 is 0. The van der Waals surface area contributed by atoms with E-state index in [1.807, 2.05) is 6.92 Å². The van der Waals surface area contributed by atoms with Crippen LogP contribution in [0.15, 0.2) is 23.1 Å². The molecule has 1 saturated carbocycles. The van der Waals surface area contributed by atoms with Gasteiger partial charge in [0, 0.05) is 0 Å². The quantitative estimate of drug-likeness (QED) is 0.578. The van der Waals surface area contributed by atoms with Gasteiger partial charge in [-0.2, -0.15) is 8.42 Å². The maximum atomic E-state index is 11.4. The minimum Gasteiger partial charge on any atom is -0.282 e. The fourth-order valence-corrected chi connectivity index (χ4v) is 5.22. The summed E-state index contributed by atoms with van der Waals surface area (Å²) in [6, 6.07) is 4.93. The topological polar surface area (TPSA) is 54.4 Å². The Morgan fingerprint density at radius 1 is 1.20 bits per heavy atom. The summed E-state index contributed by atoms with van der Waals surface area (Å²) in [5, 5.41) is 0. The van der Waals surface area contributed by atoms with Gasteiger partial charge in [-0.1, -0.05) is 52.0 Å². The Morgan fingerprint density at radius 2 is 1.88 bits per heavy atom. The first-order chi connectivity index (χ1) is 11.8. The van der Waals surface area contributed by atoms with Crippen molar-refractivity contribution >= 4 is 10.1 Å². The third-order valence-corrected chi connectivity index (χ3v) is 7.21. The van der Waals surface area contributed by atoms with E-state index in [1.54, 1.807) is 12.1 Å². The molecule has 4 heteroatoms. The van der Waals surface area contributed by atoms with Crippen LogP contribution in [0.1, 0.15) is 82.8 Å². The number of rotatable bonds is 8. The molecule has 25 heavy (non-hydrogen) atoms. The summed E-state index contributed by atoms with van der Waals surface area (Å²) in [5.41, 5.74) is 2.62. The number of aryl methyl sites for hydroxylation is 2. The molecule has 1 N–H and O–H groups in total. The zero-order chi connectivity index (χ0) is 18.5. The molecule has 0 radical (unpaired) electrons.